The standard InChI is InChI=1S/C24H22N4O5/c1-33-21-12-10-17(11-13-21)16-25-27-23(29)15-22(19-8-5-9-20(14-19)28(31)32)26-24(30)18-6-3-2-4-7-18/h2-14,16,22H,15H2,1H3,(H,26,30)(H,27,29). The Bertz CT molecular complexity index is 1150. The molecule has 1 unspecified atom stereocenters. The van der Waals surface area contributed by atoms with Gasteiger partial charge in [-0.2, -0.15) is 5.10 Å². The van der Waals surface area contributed by atoms with E-state index in [1.807, 2.05) is 0 Å². The third-order valence-corrected chi connectivity index (χ3v) is 4.73. The van der Waals surface area contributed by atoms with Crippen molar-refractivity contribution in [3.8, 4) is 5.75 Å². The lowest BCUT2D eigenvalue weighted by atomic mass is 10.0. The predicted molar refractivity (Wildman–Crippen MR) is 123 cm³/mol. The lowest BCUT2D eigenvalue weighted by molar-refractivity contribution is -0.384. The Labute approximate surface area is 190 Å². The topological polar surface area (TPSA) is 123 Å². The van der Waals surface area contributed by atoms with Crippen LogP contribution in [0, 0.1) is 10.1 Å². The molecule has 0 radical (unpaired) electrons. The molecular weight excluding hydrogens is 424 g/mol. The van der Waals surface area contributed by atoms with E-state index in [2.05, 4.69) is 15.8 Å². The summed E-state index contributed by atoms with van der Waals surface area (Å²) in [6.45, 7) is 0. The number of rotatable bonds is 9. The van der Waals surface area contributed by atoms with Crippen molar-refractivity contribution in [2.75, 3.05) is 7.11 Å². The second-order valence-electron chi connectivity index (χ2n) is 7.01. The van der Waals surface area contributed by atoms with Crippen LogP contribution in [0.5, 0.6) is 5.75 Å². The van der Waals surface area contributed by atoms with E-state index in [1.54, 1.807) is 67.8 Å². The Hall–Kier alpha value is -4.53. The van der Waals surface area contributed by atoms with E-state index in [1.165, 1.54) is 24.4 Å². The minimum absolute atomic E-state index is 0.135. The van der Waals surface area contributed by atoms with Gasteiger partial charge >= 0.3 is 0 Å². The van der Waals surface area contributed by atoms with Crippen LogP contribution in [0.15, 0.2) is 84.0 Å². The van der Waals surface area contributed by atoms with Gasteiger partial charge < -0.3 is 10.1 Å². The molecule has 0 aromatic heterocycles. The number of nitrogens with one attached hydrogen (secondary N) is 2. The summed E-state index contributed by atoms with van der Waals surface area (Å²) >= 11 is 0. The molecule has 0 bridgehead atoms. The van der Waals surface area contributed by atoms with E-state index >= 15 is 0 Å². The molecule has 0 heterocycles. The van der Waals surface area contributed by atoms with Gasteiger partial charge in [0.05, 0.1) is 30.7 Å². The molecule has 3 rings (SSSR count). The molecule has 2 N–H and O–H groups in total. The van der Waals surface area contributed by atoms with Crippen molar-refractivity contribution in [1.29, 1.82) is 0 Å². The number of nitrogens with zero attached hydrogens (tertiary/aromatic N) is 2. The van der Waals surface area contributed by atoms with Gasteiger partial charge in [-0.25, -0.2) is 5.43 Å². The molecule has 0 saturated carbocycles. The maximum atomic E-state index is 12.7. The van der Waals surface area contributed by atoms with Crippen LogP contribution < -0.4 is 15.5 Å². The molecule has 9 heteroatoms. The Morgan fingerprint density at radius 1 is 1.06 bits per heavy atom. The molecule has 0 fully saturated rings. The summed E-state index contributed by atoms with van der Waals surface area (Å²) in [5.74, 6) is -0.170. The maximum absolute atomic E-state index is 12.7. The van der Waals surface area contributed by atoms with Crippen molar-refractivity contribution in [2.24, 2.45) is 5.10 Å². The number of ether oxygens (including phenoxy) is 1. The summed E-state index contributed by atoms with van der Waals surface area (Å²) in [6, 6.07) is 20.6. The highest BCUT2D eigenvalue weighted by atomic mass is 16.6. The third-order valence-electron chi connectivity index (χ3n) is 4.73. The highest BCUT2D eigenvalue weighted by Crippen LogP contribution is 2.22. The van der Waals surface area contributed by atoms with Crippen LogP contribution >= 0.6 is 0 Å². The first kappa shape index (κ1) is 23.1. The number of hydrogen-bond acceptors (Lipinski definition) is 6. The van der Waals surface area contributed by atoms with Crippen molar-refractivity contribution in [3.05, 3.63) is 106 Å². The van der Waals surface area contributed by atoms with Gasteiger partial charge in [-0.1, -0.05) is 30.3 Å². The lowest BCUT2D eigenvalue weighted by Crippen LogP contribution is -2.32. The van der Waals surface area contributed by atoms with E-state index in [0.717, 1.165) is 5.56 Å². The van der Waals surface area contributed by atoms with Crippen molar-refractivity contribution in [1.82, 2.24) is 10.7 Å². The van der Waals surface area contributed by atoms with Gasteiger partial charge in [0.15, 0.2) is 0 Å². The highest BCUT2D eigenvalue weighted by molar-refractivity contribution is 5.94. The van der Waals surface area contributed by atoms with Gasteiger partial charge in [-0.15, -0.1) is 0 Å². The van der Waals surface area contributed by atoms with Crippen molar-refractivity contribution in [3.63, 3.8) is 0 Å². The fraction of sp³-hybridized carbons (Fsp3) is 0.125. The number of carbonyl (C=O) groups is 2. The van der Waals surface area contributed by atoms with Crippen LogP contribution in [-0.2, 0) is 4.79 Å². The number of amides is 2. The maximum Gasteiger partial charge on any atom is 0.269 e. The first-order valence-corrected chi connectivity index (χ1v) is 10.0. The summed E-state index contributed by atoms with van der Waals surface area (Å²) in [4.78, 5) is 35.8. The lowest BCUT2D eigenvalue weighted by Gasteiger charge is -2.18. The summed E-state index contributed by atoms with van der Waals surface area (Å²) in [5, 5.41) is 17.9. The van der Waals surface area contributed by atoms with Crippen LogP contribution in [0.3, 0.4) is 0 Å². The third kappa shape index (κ3) is 6.73. The molecule has 0 saturated heterocycles. The van der Waals surface area contributed by atoms with Crippen molar-refractivity contribution < 1.29 is 19.2 Å². The summed E-state index contributed by atoms with van der Waals surface area (Å²) in [7, 11) is 1.57. The zero-order valence-corrected chi connectivity index (χ0v) is 17.8. The molecule has 0 aliphatic heterocycles. The number of hydrazone groups is 1. The summed E-state index contributed by atoms with van der Waals surface area (Å²) < 4.78 is 5.09. The van der Waals surface area contributed by atoms with Crippen LogP contribution in [0.4, 0.5) is 5.69 Å². The Morgan fingerprint density at radius 2 is 1.79 bits per heavy atom. The largest absolute Gasteiger partial charge is 0.497 e. The van der Waals surface area contributed by atoms with Crippen LogP contribution in [0.2, 0.25) is 0 Å². The van der Waals surface area contributed by atoms with Crippen molar-refractivity contribution in [2.45, 2.75) is 12.5 Å². The van der Waals surface area contributed by atoms with Crippen LogP contribution in [0.25, 0.3) is 0 Å². The Kier molecular flexibility index (Phi) is 7.85. The Morgan fingerprint density at radius 3 is 2.45 bits per heavy atom. The number of non-ortho nitro benzene ring substituents is 1. The average molecular weight is 446 g/mol. The Balaban J connectivity index is 1.73. The van der Waals surface area contributed by atoms with Gasteiger partial charge in [-0.3, -0.25) is 19.7 Å². The normalized spacial score (nSPS) is 11.5. The number of nitro benzene ring substituents is 1. The van der Waals surface area contributed by atoms with E-state index in [4.69, 9.17) is 4.74 Å². The zero-order chi connectivity index (χ0) is 23.6. The van der Waals surface area contributed by atoms with E-state index in [-0.39, 0.29) is 12.1 Å². The second kappa shape index (κ2) is 11.2. The van der Waals surface area contributed by atoms with Crippen molar-refractivity contribution >= 4 is 23.7 Å². The first-order chi connectivity index (χ1) is 16.0. The van der Waals surface area contributed by atoms with E-state index in [0.29, 0.717) is 16.9 Å². The monoisotopic (exact) mass is 446 g/mol. The smallest absolute Gasteiger partial charge is 0.269 e. The van der Waals surface area contributed by atoms with Gasteiger partial charge in [0.2, 0.25) is 5.91 Å². The second-order valence-corrected chi connectivity index (χ2v) is 7.01. The molecule has 1 atom stereocenters. The number of carbonyl (C=O) groups excluding carboxylic acids is 2. The van der Waals surface area contributed by atoms with Gasteiger partial charge in [0.25, 0.3) is 11.6 Å². The van der Waals surface area contributed by atoms with E-state index < -0.39 is 22.8 Å². The molecule has 3 aromatic rings. The molecule has 0 aliphatic rings. The number of benzene rings is 3. The molecule has 0 spiro atoms. The average Bonchev–Trinajstić information content (AvgIpc) is 2.84. The minimum Gasteiger partial charge on any atom is -0.497 e. The highest BCUT2D eigenvalue weighted by Gasteiger charge is 2.21. The molecule has 33 heavy (non-hydrogen) atoms. The summed E-state index contributed by atoms with van der Waals surface area (Å²) in [6.07, 6.45) is 1.31. The quantitative estimate of drug-likeness (QED) is 0.295. The molecule has 168 valence electrons. The molecule has 2 amide bonds. The first-order valence-electron chi connectivity index (χ1n) is 10.0. The molecule has 0 aliphatic carbocycles. The van der Waals surface area contributed by atoms with Crippen LogP contribution in [0.1, 0.15) is 33.9 Å². The molecular formula is C24H22N4O5. The molecule has 9 nitrogen and oxygen atoms in total. The fourth-order valence-electron chi connectivity index (χ4n) is 3.04. The SMILES string of the molecule is COc1ccc(C=NNC(=O)CC(NC(=O)c2ccccc2)c2cccc([N+](=O)[O-])c2)cc1. The minimum atomic E-state index is -0.797. The number of methoxy groups -OCH3 is 1. The summed E-state index contributed by atoms with van der Waals surface area (Å²) in [5.41, 5.74) is 3.88. The fourth-order valence-corrected chi connectivity index (χ4v) is 3.04. The van der Waals surface area contributed by atoms with E-state index in [9.17, 15) is 19.7 Å². The van der Waals surface area contributed by atoms with Crippen LogP contribution in [-0.4, -0.2) is 30.1 Å². The van der Waals surface area contributed by atoms with Gasteiger partial charge in [0, 0.05) is 17.7 Å². The predicted octanol–water partition coefficient (Wildman–Crippen LogP) is 3.61. The number of nitro groups is 1. The van der Waals surface area contributed by atoms with Gasteiger partial charge in [0.1, 0.15) is 5.75 Å². The number of hydrogen-bond donors (Lipinski definition) is 2. The molecule has 3 aromatic carbocycles. The van der Waals surface area contributed by atoms with Gasteiger partial charge in [-0.05, 0) is 47.5 Å². The zero-order valence-electron chi connectivity index (χ0n) is 17.8.